The Morgan fingerprint density at radius 3 is 2.48 bits per heavy atom. The third-order valence-electron chi connectivity index (χ3n) is 5.74. The number of amides is 1. The van der Waals surface area contributed by atoms with Gasteiger partial charge in [-0.05, 0) is 42.9 Å². The maximum Gasteiger partial charge on any atom is 0.317 e. The van der Waals surface area contributed by atoms with Crippen LogP contribution < -0.4 is 11.1 Å². The molecule has 7 heteroatoms. The lowest BCUT2D eigenvalue weighted by molar-refractivity contribution is -0.133. The number of pyridine rings is 1. The van der Waals surface area contributed by atoms with Crippen LogP contribution in [0.1, 0.15) is 18.4 Å². The zero-order chi connectivity index (χ0) is 20.4. The van der Waals surface area contributed by atoms with Crippen molar-refractivity contribution in [2.24, 2.45) is 13.0 Å². The van der Waals surface area contributed by atoms with Gasteiger partial charge < -0.3 is 4.90 Å². The predicted molar refractivity (Wildman–Crippen MR) is 111 cm³/mol. The van der Waals surface area contributed by atoms with Crippen molar-refractivity contribution < 1.29 is 4.79 Å². The third kappa shape index (κ3) is 3.85. The number of aromatic nitrogens is 3. The summed E-state index contributed by atoms with van der Waals surface area (Å²) in [6.45, 7) is 1.21. The minimum absolute atomic E-state index is 0.135. The molecule has 0 saturated carbocycles. The number of likely N-dealkylation sites (tertiary alicyclic amines) is 1. The summed E-state index contributed by atoms with van der Waals surface area (Å²) in [7, 11) is 1.52. The lowest BCUT2D eigenvalue weighted by Gasteiger charge is -2.32. The first-order valence-corrected chi connectivity index (χ1v) is 9.91. The van der Waals surface area contributed by atoms with Crippen LogP contribution in [0.3, 0.4) is 0 Å². The summed E-state index contributed by atoms with van der Waals surface area (Å²) in [5.74, 6) is 0.418. The molecule has 3 aromatic rings. The topological polar surface area (TPSA) is 77.2 Å². The molecule has 1 amide bonds. The van der Waals surface area contributed by atoms with Crippen molar-refractivity contribution >= 4 is 17.1 Å². The minimum atomic E-state index is -0.694. The zero-order valence-corrected chi connectivity index (χ0v) is 16.5. The SMILES string of the molecule is Cn1c(=O)c(=O)n(CC(=O)N2CCC(Cc3ccccc3)CC2)c2cccnc21. The Bertz CT molecular complexity index is 1140. The van der Waals surface area contributed by atoms with Gasteiger partial charge in [0.1, 0.15) is 6.54 Å². The molecule has 3 heterocycles. The van der Waals surface area contributed by atoms with E-state index in [1.807, 2.05) is 6.07 Å². The predicted octanol–water partition coefficient (Wildman–Crippen LogP) is 1.58. The van der Waals surface area contributed by atoms with Crippen LogP contribution in [-0.4, -0.2) is 38.0 Å². The number of hydrogen-bond donors (Lipinski definition) is 0. The van der Waals surface area contributed by atoms with Crippen molar-refractivity contribution in [3.63, 3.8) is 0 Å². The number of piperidine rings is 1. The van der Waals surface area contributed by atoms with Crippen LogP contribution in [0.25, 0.3) is 11.2 Å². The number of benzene rings is 1. The van der Waals surface area contributed by atoms with Crippen LogP contribution in [-0.2, 0) is 24.8 Å². The van der Waals surface area contributed by atoms with Gasteiger partial charge in [0, 0.05) is 26.3 Å². The summed E-state index contributed by atoms with van der Waals surface area (Å²) >= 11 is 0. The van der Waals surface area contributed by atoms with E-state index in [1.165, 1.54) is 21.7 Å². The molecule has 1 saturated heterocycles. The third-order valence-corrected chi connectivity index (χ3v) is 5.74. The molecule has 7 nitrogen and oxygen atoms in total. The second-order valence-corrected chi connectivity index (χ2v) is 7.62. The van der Waals surface area contributed by atoms with Crippen molar-refractivity contribution in [2.75, 3.05) is 13.1 Å². The van der Waals surface area contributed by atoms with Crippen LogP contribution in [0, 0.1) is 5.92 Å². The van der Waals surface area contributed by atoms with Crippen molar-refractivity contribution in [2.45, 2.75) is 25.8 Å². The summed E-state index contributed by atoms with van der Waals surface area (Å²) in [6.07, 6.45) is 4.46. The molecule has 1 aromatic carbocycles. The summed E-state index contributed by atoms with van der Waals surface area (Å²) in [5.41, 5.74) is 0.840. The number of nitrogens with zero attached hydrogens (tertiary/aromatic N) is 4. The molecule has 0 spiro atoms. The Labute approximate surface area is 168 Å². The molecule has 0 bridgehead atoms. The van der Waals surface area contributed by atoms with Gasteiger partial charge >= 0.3 is 11.1 Å². The number of aryl methyl sites for hydroxylation is 1. The molecule has 1 aliphatic heterocycles. The highest BCUT2D eigenvalue weighted by molar-refractivity contribution is 5.79. The van der Waals surface area contributed by atoms with Gasteiger partial charge in [0.15, 0.2) is 5.65 Å². The van der Waals surface area contributed by atoms with Gasteiger partial charge in [0.25, 0.3) is 0 Å². The Hall–Kier alpha value is -3.22. The molecule has 29 heavy (non-hydrogen) atoms. The number of carbonyl (C=O) groups is 1. The standard InChI is InChI=1S/C22H24N4O3/c1-24-20-18(8-5-11-23-20)26(22(29)21(24)28)15-19(27)25-12-9-17(10-13-25)14-16-6-3-2-4-7-16/h2-8,11,17H,9-10,12-15H2,1H3. The van der Waals surface area contributed by atoms with E-state index in [4.69, 9.17) is 0 Å². The van der Waals surface area contributed by atoms with Gasteiger partial charge in [0.2, 0.25) is 5.91 Å². The largest absolute Gasteiger partial charge is 0.341 e. The number of hydrogen-bond acceptors (Lipinski definition) is 4. The quantitative estimate of drug-likeness (QED) is 0.632. The van der Waals surface area contributed by atoms with E-state index in [-0.39, 0.29) is 12.5 Å². The van der Waals surface area contributed by atoms with Gasteiger partial charge in [-0.1, -0.05) is 30.3 Å². The normalized spacial score (nSPS) is 15.0. The molecule has 150 valence electrons. The van der Waals surface area contributed by atoms with Gasteiger partial charge in [-0.2, -0.15) is 0 Å². The average Bonchev–Trinajstić information content (AvgIpc) is 2.76. The summed E-state index contributed by atoms with van der Waals surface area (Å²) < 4.78 is 2.48. The molecule has 1 fully saturated rings. The van der Waals surface area contributed by atoms with Crippen LogP contribution in [0.5, 0.6) is 0 Å². The molecule has 0 radical (unpaired) electrons. The highest BCUT2D eigenvalue weighted by Crippen LogP contribution is 2.22. The van der Waals surface area contributed by atoms with Gasteiger partial charge in [0.05, 0.1) is 5.52 Å². The van der Waals surface area contributed by atoms with Crippen molar-refractivity contribution in [3.8, 4) is 0 Å². The maximum absolute atomic E-state index is 12.9. The van der Waals surface area contributed by atoms with E-state index in [9.17, 15) is 14.4 Å². The van der Waals surface area contributed by atoms with Crippen molar-refractivity contribution in [1.29, 1.82) is 0 Å². The van der Waals surface area contributed by atoms with Gasteiger partial charge in [-0.25, -0.2) is 4.98 Å². The zero-order valence-electron chi connectivity index (χ0n) is 16.5. The Balaban J connectivity index is 1.47. The highest BCUT2D eigenvalue weighted by atomic mass is 16.2. The molecule has 0 aliphatic carbocycles. The number of fused-ring (bicyclic) bond motifs is 1. The van der Waals surface area contributed by atoms with E-state index in [0.29, 0.717) is 30.2 Å². The first-order valence-electron chi connectivity index (χ1n) is 9.91. The van der Waals surface area contributed by atoms with E-state index >= 15 is 0 Å². The van der Waals surface area contributed by atoms with Crippen LogP contribution in [0.2, 0.25) is 0 Å². The number of rotatable bonds is 4. The molecule has 4 rings (SSSR count). The lowest BCUT2D eigenvalue weighted by Crippen LogP contribution is -2.45. The second-order valence-electron chi connectivity index (χ2n) is 7.62. The second kappa shape index (κ2) is 8.03. The summed E-state index contributed by atoms with van der Waals surface area (Å²) in [5, 5.41) is 0. The molecule has 0 unspecified atom stereocenters. The number of carbonyl (C=O) groups excluding carboxylic acids is 1. The molecular formula is C22H24N4O3. The molecule has 0 N–H and O–H groups in total. The fourth-order valence-electron chi connectivity index (χ4n) is 4.05. The van der Waals surface area contributed by atoms with Crippen LogP contribution >= 0.6 is 0 Å². The van der Waals surface area contributed by atoms with Crippen LogP contribution in [0.4, 0.5) is 0 Å². The Kier molecular flexibility index (Phi) is 5.29. The van der Waals surface area contributed by atoms with Crippen molar-refractivity contribution in [1.82, 2.24) is 19.0 Å². The Morgan fingerprint density at radius 2 is 1.76 bits per heavy atom. The average molecular weight is 392 g/mol. The van der Waals surface area contributed by atoms with E-state index in [2.05, 4.69) is 29.2 Å². The maximum atomic E-state index is 12.9. The fourth-order valence-corrected chi connectivity index (χ4v) is 4.05. The highest BCUT2D eigenvalue weighted by Gasteiger charge is 2.24. The van der Waals surface area contributed by atoms with E-state index < -0.39 is 11.1 Å². The fraction of sp³-hybridized carbons (Fsp3) is 0.364. The van der Waals surface area contributed by atoms with Gasteiger partial charge in [-0.15, -0.1) is 0 Å². The van der Waals surface area contributed by atoms with E-state index in [1.54, 1.807) is 23.2 Å². The molecular weight excluding hydrogens is 368 g/mol. The molecule has 1 aliphatic rings. The van der Waals surface area contributed by atoms with E-state index in [0.717, 1.165) is 19.3 Å². The Morgan fingerprint density at radius 1 is 1.03 bits per heavy atom. The first kappa shape index (κ1) is 19.1. The minimum Gasteiger partial charge on any atom is -0.341 e. The monoisotopic (exact) mass is 392 g/mol. The van der Waals surface area contributed by atoms with Crippen molar-refractivity contribution in [3.05, 3.63) is 74.9 Å². The lowest BCUT2D eigenvalue weighted by atomic mass is 9.90. The van der Waals surface area contributed by atoms with Gasteiger partial charge in [-0.3, -0.25) is 23.5 Å². The molecule has 2 aromatic heterocycles. The smallest absolute Gasteiger partial charge is 0.317 e. The molecule has 0 atom stereocenters. The van der Waals surface area contributed by atoms with Crippen LogP contribution in [0.15, 0.2) is 58.3 Å². The first-order chi connectivity index (χ1) is 14.0. The summed E-state index contributed by atoms with van der Waals surface area (Å²) in [6, 6.07) is 13.8. The summed E-state index contributed by atoms with van der Waals surface area (Å²) in [4.78, 5) is 43.6.